The van der Waals surface area contributed by atoms with Crippen LogP contribution in [0.3, 0.4) is 0 Å². The smallest absolute Gasteiger partial charge is 0.0636 e. The molecule has 0 aromatic carbocycles. The van der Waals surface area contributed by atoms with Crippen LogP contribution in [-0.4, -0.2) is 46.7 Å². The van der Waals surface area contributed by atoms with E-state index in [1.54, 1.807) is 0 Å². The van der Waals surface area contributed by atoms with Gasteiger partial charge in [0.25, 0.3) is 0 Å². The molecule has 3 aliphatic rings. The van der Waals surface area contributed by atoms with Crippen molar-refractivity contribution in [1.82, 2.24) is 5.32 Å². The normalized spacial score (nSPS) is 46.0. The van der Waals surface area contributed by atoms with Gasteiger partial charge in [-0.3, -0.25) is 0 Å². The van der Waals surface area contributed by atoms with Gasteiger partial charge in [-0.05, 0) is 87.5 Å². The molecule has 0 saturated heterocycles. The van der Waals surface area contributed by atoms with Crippen LogP contribution < -0.4 is 5.32 Å². The second-order valence-electron chi connectivity index (χ2n) is 9.27. The Labute approximate surface area is 152 Å². The monoisotopic (exact) mass is 351 g/mol. The van der Waals surface area contributed by atoms with Gasteiger partial charge in [0.05, 0.1) is 18.3 Å². The van der Waals surface area contributed by atoms with Crippen molar-refractivity contribution in [2.24, 2.45) is 29.1 Å². The average Bonchev–Trinajstić information content (AvgIpc) is 2.93. The van der Waals surface area contributed by atoms with Gasteiger partial charge >= 0.3 is 0 Å². The highest BCUT2D eigenvalue weighted by atomic mass is 16.3. The summed E-state index contributed by atoms with van der Waals surface area (Å²) in [5.41, 5.74) is 1.32. The third kappa shape index (κ3) is 3.83. The van der Waals surface area contributed by atoms with E-state index < -0.39 is 6.10 Å². The van der Waals surface area contributed by atoms with Crippen molar-refractivity contribution in [2.45, 2.75) is 77.1 Å². The highest BCUT2D eigenvalue weighted by Gasteiger charge is 2.52. The Balaban J connectivity index is 1.79. The minimum atomic E-state index is -0.415. The lowest BCUT2D eigenvalue weighted by Crippen LogP contribution is -2.53. The van der Waals surface area contributed by atoms with Gasteiger partial charge in [-0.1, -0.05) is 19.1 Å². The molecule has 3 saturated carbocycles. The minimum Gasteiger partial charge on any atom is -0.393 e. The number of fused-ring (bicyclic) bond motifs is 1. The molecule has 0 radical (unpaired) electrons. The first-order valence-electron chi connectivity index (χ1n) is 10.3. The van der Waals surface area contributed by atoms with Gasteiger partial charge in [-0.15, -0.1) is 0 Å². The molecule has 0 spiro atoms. The van der Waals surface area contributed by atoms with Gasteiger partial charge in [0.2, 0.25) is 0 Å². The molecule has 4 nitrogen and oxygen atoms in total. The molecule has 3 aliphatic carbocycles. The van der Waals surface area contributed by atoms with Gasteiger partial charge in [0.15, 0.2) is 0 Å². The molecule has 0 aromatic rings. The van der Waals surface area contributed by atoms with Crippen LogP contribution in [0.4, 0.5) is 0 Å². The second-order valence-corrected chi connectivity index (χ2v) is 9.27. The summed E-state index contributed by atoms with van der Waals surface area (Å²) in [7, 11) is 0. The van der Waals surface area contributed by atoms with E-state index in [9.17, 15) is 15.3 Å². The van der Waals surface area contributed by atoms with E-state index in [-0.39, 0.29) is 17.6 Å². The first-order valence-corrected chi connectivity index (χ1v) is 10.3. The van der Waals surface area contributed by atoms with Crippen molar-refractivity contribution in [3.05, 3.63) is 12.2 Å². The van der Waals surface area contributed by atoms with E-state index in [1.165, 1.54) is 18.4 Å². The molecule has 4 N–H and O–H groups in total. The fraction of sp³-hybridized carbons (Fsp3) is 0.905. The molecule has 8 atom stereocenters. The van der Waals surface area contributed by atoms with Crippen LogP contribution >= 0.6 is 0 Å². The third-order valence-corrected chi connectivity index (χ3v) is 7.64. The van der Waals surface area contributed by atoms with Crippen LogP contribution in [0.25, 0.3) is 0 Å². The number of aliphatic hydroxyl groups is 3. The molecule has 4 unspecified atom stereocenters. The number of nitrogens with one attached hydrogen (secondary N) is 1. The van der Waals surface area contributed by atoms with Gasteiger partial charge in [0, 0.05) is 6.54 Å². The fourth-order valence-electron chi connectivity index (χ4n) is 6.14. The number of hydrogen-bond acceptors (Lipinski definition) is 4. The van der Waals surface area contributed by atoms with Crippen LogP contribution in [-0.2, 0) is 0 Å². The van der Waals surface area contributed by atoms with Crippen molar-refractivity contribution in [1.29, 1.82) is 0 Å². The Hall–Kier alpha value is -0.420. The molecule has 0 amide bonds. The van der Waals surface area contributed by atoms with Gasteiger partial charge in [-0.2, -0.15) is 0 Å². The highest BCUT2D eigenvalue weighted by Crippen LogP contribution is 2.57. The third-order valence-electron chi connectivity index (χ3n) is 7.64. The molecule has 3 rings (SSSR count). The average molecular weight is 352 g/mol. The zero-order valence-corrected chi connectivity index (χ0v) is 16.0. The highest BCUT2D eigenvalue weighted by molar-refractivity contribution is 5.14. The van der Waals surface area contributed by atoms with Crippen LogP contribution in [0.15, 0.2) is 12.2 Å². The fourth-order valence-corrected chi connectivity index (χ4v) is 6.14. The van der Waals surface area contributed by atoms with E-state index in [2.05, 4.69) is 18.8 Å². The van der Waals surface area contributed by atoms with Crippen LogP contribution in [0.2, 0.25) is 0 Å². The van der Waals surface area contributed by atoms with E-state index in [4.69, 9.17) is 0 Å². The molecule has 0 aliphatic heterocycles. The SMILES string of the molecule is C=C1CCC2C1CCC([C@@]1(C)CC[C@H](O)C[C@@H]1O)[C@H]2CNCC(C)O. The lowest BCUT2D eigenvalue weighted by atomic mass is 9.54. The Bertz CT molecular complexity index is 480. The summed E-state index contributed by atoms with van der Waals surface area (Å²) >= 11 is 0. The quantitative estimate of drug-likeness (QED) is 0.574. The topological polar surface area (TPSA) is 72.7 Å². The van der Waals surface area contributed by atoms with Crippen molar-refractivity contribution < 1.29 is 15.3 Å². The van der Waals surface area contributed by atoms with Crippen molar-refractivity contribution in [3.63, 3.8) is 0 Å². The zero-order valence-electron chi connectivity index (χ0n) is 16.0. The lowest BCUT2D eigenvalue weighted by Gasteiger charge is -2.53. The standard InChI is InChI=1S/C21H37NO3/c1-13-4-5-17-16(13)6-7-19(18(17)12-22-11-14(2)23)21(3)9-8-15(24)10-20(21)25/h14-20,22-25H,1,4-12H2,2-3H3/t14?,15-,16?,17?,18-,19?,20-,21+/m0/s1. The maximum atomic E-state index is 10.8. The first-order chi connectivity index (χ1) is 11.8. The van der Waals surface area contributed by atoms with E-state index in [0.717, 1.165) is 32.2 Å². The van der Waals surface area contributed by atoms with E-state index in [1.807, 2.05) is 6.92 Å². The zero-order chi connectivity index (χ0) is 18.2. The Morgan fingerprint density at radius 3 is 2.68 bits per heavy atom. The summed E-state index contributed by atoms with van der Waals surface area (Å²) in [5.74, 6) is 2.29. The summed E-state index contributed by atoms with van der Waals surface area (Å²) in [4.78, 5) is 0. The maximum Gasteiger partial charge on any atom is 0.0636 e. The summed E-state index contributed by atoms with van der Waals surface area (Å²) in [5, 5.41) is 33.9. The van der Waals surface area contributed by atoms with E-state index in [0.29, 0.717) is 36.6 Å². The summed E-state index contributed by atoms with van der Waals surface area (Å²) in [6.07, 6.45) is 5.84. The molecular formula is C21H37NO3. The number of allylic oxidation sites excluding steroid dienone is 1. The lowest BCUT2D eigenvalue weighted by molar-refractivity contribution is -0.110. The minimum absolute atomic E-state index is 0.106. The second kappa shape index (κ2) is 7.67. The largest absolute Gasteiger partial charge is 0.393 e. The number of aliphatic hydroxyl groups excluding tert-OH is 3. The summed E-state index contributed by atoms with van der Waals surface area (Å²) < 4.78 is 0. The van der Waals surface area contributed by atoms with Gasteiger partial charge in [0.1, 0.15) is 0 Å². The number of hydrogen-bond donors (Lipinski definition) is 4. The van der Waals surface area contributed by atoms with Gasteiger partial charge < -0.3 is 20.6 Å². The summed E-state index contributed by atoms with van der Waals surface area (Å²) in [6.45, 7) is 9.92. The first kappa shape index (κ1) is 19.3. The van der Waals surface area contributed by atoms with Crippen molar-refractivity contribution >= 4 is 0 Å². The molecule has 3 fully saturated rings. The Morgan fingerprint density at radius 2 is 2.00 bits per heavy atom. The number of rotatable bonds is 5. The molecule has 0 bridgehead atoms. The van der Waals surface area contributed by atoms with Crippen LogP contribution in [0.1, 0.15) is 58.8 Å². The predicted octanol–water partition coefficient (Wildman–Crippen LogP) is 2.48. The maximum absolute atomic E-state index is 10.8. The van der Waals surface area contributed by atoms with Gasteiger partial charge in [-0.25, -0.2) is 0 Å². The molecule has 144 valence electrons. The predicted molar refractivity (Wildman–Crippen MR) is 100 cm³/mol. The molecular weight excluding hydrogens is 314 g/mol. The molecule has 0 aromatic heterocycles. The van der Waals surface area contributed by atoms with Crippen molar-refractivity contribution in [3.8, 4) is 0 Å². The Morgan fingerprint density at radius 1 is 1.24 bits per heavy atom. The molecule has 0 heterocycles. The van der Waals surface area contributed by atoms with Crippen molar-refractivity contribution in [2.75, 3.05) is 13.1 Å². The Kier molecular flexibility index (Phi) is 5.94. The van der Waals surface area contributed by atoms with Crippen LogP contribution in [0.5, 0.6) is 0 Å². The molecule has 25 heavy (non-hydrogen) atoms. The molecule has 4 heteroatoms. The van der Waals surface area contributed by atoms with E-state index >= 15 is 0 Å². The summed E-state index contributed by atoms with van der Waals surface area (Å²) in [6, 6.07) is 0. The van der Waals surface area contributed by atoms with Crippen LogP contribution in [0, 0.1) is 29.1 Å².